The van der Waals surface area contributed by atoms with Crippen molar-refractivity contribution in [3.63, 3.8) is 0 Å². The van der Waals surface area contributed by atoms with Crippen molar-refractivity contribution in [2.24, 2.45) is 5.41 Å². The summed E-state index contributed by atoms with van der Waals surface area (Å²) >= 11 is 7.78. The minimum Gasteiger partial charge on any atom is -0.481 e. The highest BCUT2D eigenvalue weighted by Crippen LogP contribution is 2.33. The van der Waals surface area contributed by atoms with Gasteiger partial charge >= 0.3 is 5.97 Å². The third-order valence-electron chi connectivity index (χ3n) is 5.75. The second-order valence-corrected chi connectivity index (χ2v) is 9.50. The third-order valence-corrected chi connectivity index (χ3v) is 6.80. The number of nitrogens with one attached hydrogen (secondary N) is 1. The van der Waals surface area contributed by atoms with Gasteiger partial charge in [-0.05, 0) is 56.5 Å². The lowest BCUT2D eigenvalue weighted by molar-refractivity contribution is -0.148. The van der Waals surface area contributed by atoms with Crippen LogP contribution in [0.5, 0.6) is 0 Å². The van der Waals surface area contributed by atoms with E-state index in [1.165, 1.54) is 11.9 Å². The molecule has 1 saturated heterocycles. The number of aryl methyl sites for hydroxylation is 1. The molecule has 1 aromatic carbocycles. The predicted molar refractivity (Wildman–Crippen MR) is 130 cm³/mol. The van der Waals surface area contributed by atoms with E-state index in [1.807, 2.05) is 61.5 Å². The van der Waals surface area contributed by atoms with Crippen molar-refractivity contribution in [1.82, 2.24) is 9.97 Å². The Balaban J connectivity index is 1.49. The second kappa shape index (κ2) is 9.38. The number of carboxylic acids is 1. The van der Waals surface area contributed by atoms with Crippen LogP contribution >= 0.6 is 23.5 Å². The maximum absolute atomic E-state index is 11.7. The minimum absolute atomic E-state index is 0.454. The van der Waals surface area contributed by atoms with Gasteiger partial charge in [0, 0.05) is 30.6 Å². The molecule has 0 aliphatic carbocycles. The SMILES string of the molecule is Cc1ccccc1-c1nc(NSc2cccc(N3CCC[C@@](C)(C(=O)O)C3)n2)ccc1Cl. The molecule has 2 aromatic heterocycles. The molecule has 0 saturated carbocycles. The zero-order valence-corrected chi connectivity index (χ0v) is 19.6. The van der Waals surface area contributed by atoms with Gasteiger partial charge in [0.25, 0.3) is 0 Å². The van der Waals surface area contributed by atoms with Crippen molar-refractivity contribution in [2.75, 3.05) is 22.7 Å². The highest BCUT2D eigenvalue weighted by Gasteiger charge is 2.38. The summed E-state index contributed by atoms with van der Waals surface area (Å²) in [7, 11) is 0. The quantitative estimate of drug-likeness (QED) is 0.435. The Kier molecular flexibility index (Phi) is 6.58. The lowest BCUT2D eigenvalue weighted by Crippen LogP contribution is -2.46. The molecule has 166 valence electrons. The number of hydrogen-bond donors (Lipinski definition) is 2. The van der Waals surface area contributed by atoms with Crippen molar-refractivity contribution in [2.45, 2.75) is 31.7 Å². The molecule has 8 heteroatoms. The van der Waals surface area contributed by atoms with Gasteiger partial charge in [-0.3, -0.25) is 4.79 Å². The molecule has 0 amide bonds. The number of benzene rings is 1. The van der Waals surface area contributed by atoms with Crippen molar-refractivity contribution in [1.29, 1.82) is 0 Å². The van der Waals surface area contributed by atoms with Crippen molar-refractivity contribution >= 4 is 41.2 Å². The van der Waals surface area contributed by atoms with Crippen LogP contribution in [0.1, 0.15) is 25.3 Å². The van der Waals surface area contributed by atoms with Crippen LogP contribution in [-0.2, 0) is 4.79 Å². The first kappa shape index (κ1) is 22.4. The van der Waals surface area contributed by atoms with Crippen LogP contribution in [0, 0.1) is 12.3 Å². The van der Waals surface area contributed by atoms with E-state index < -0.39 is 11.4 Å². The van der Waals surface area contributed by atoms with Gasteiger partial charge in [0.15, 0.2) is 0 Å². The molecule has 4 rings (SSSR count). The van der Waals surface area contributed by atoms with Gasteiger partial charge in [-0.25, -0.2) is 9.97 Å². The second-order valence-electron chi connectivity index (χ2n) is 8.27. The molecule has 6 nitrogen and oxygen atoms in total. The maximum Gasteiger partial charge on any atom is 0.311 e. The topological polar surface area (TPSA) is 78.4 Å². The minimum atomic E-state index is -0.757. The smallest absolute Gasteiger partial charge is 0.311 e. The highest BCUT2D eigenvalue weighted by molar-refractivity contribution is 8.00. The van der Waals surface area contributed by atoms with Gasteiger partial charge in [-0.1, -0.05) is 41.9 Å². The molecule has 0 bridgehead atoms. The van der Waals surface area contributed by atoms with E-state index >= 15 is 0 Å². The Bertz CT molecular complexity index is 1140. The number of carboxylic acid groups (broad SMARTS) is 1. The van der Waals surface area contributed by atoms with Gasteiger partial charge in [-0.2, -0.15) is 0 Å². The first-order valence-electron chi connectivity index (χ1n) is 10.5. The number of aliphatic carboxylic acids is 1. The average molecular weight is 469 g/mol. The summed E-state index contributed by atoms with van der Waals surface area (Å²) in [5.74, 6) is 0.711. The van der Waals surface area contributed by atoms with Gasteiger partial charge in [0.2, 0.25) is 0 Å². The Labute approximate surface area is 197 Å². The van der Waals surface area contributed by atoms with Crippen LogP contribution in [0.4, 0.5) is 11.6 Å². The Hall–Kier alpha value is -2.77. The molecule has 1 aliphatic heterocycles. The van der Waals surface area contributed by atoms with Crippen molar-refractivity contribution in [3.8, 4) is 11.3 Å². The number of piperidine rings is 1. The monoisotopic (exact) mass is 468 g/mol. The summed E-state index contributed by atoms with van der Waals surface area (Å²) in [6, 6.07) is 17.5. The summed E-state index contributed by atoms with van der Waals surface area (Å²) in [5, 5.41) is 11.0. The third kappa shape index (κ3) is 4.84. The predicted octanol–water partition coefficient (Wildman–Crippen LogP) is 5.92. The summed E-state index contributed by atoms with van der Waals surface area (Å²) < 4.78 is 3.25. The number of halogens is 1. The molecule has 0 unspecified atom stereocenters. The molecule has 3 aromatic rings. The van der Waals surface area contributed by atoms with E-state index in [9.17, 15) is 9.90 Å². The van der Waals surface area contributed by atoms with Crippen LogP contribution in [0.25, 0.3) is 11.3 Å². The number of nitrogens with zero attached hydrogens (tertiary/aromatic N) is 3. The van der Waals surface area contributed by atoms with Gasteiger partial charge in [0.05, 0.1) is 16.1 Å². The molecule has 1 aliphatic rings. The van der Waals surface area contributed by atoms with E-state index in [-0.39, 0.29) is 0 Å². The first-order valence-corrected chi connectivity index (χ1v) is 11.7. The summed E-state index contributed by atoms with van der Waals surface area (Å²) in [6.45, 7) is 5.10. The number of carbonyl (C=O) groups is 1. The number of hydrogen-bond acceptors (Lipinski definition) is 6. The largest absolute Gasteiger partial charge is 0.481 e. The number of pyridine rings is 2. The molecule has 1 fully saturated rings. The lowest BCUT2D eigenvalue weighted by Gasteiger charge is -2.38. The molecular formula is C24H25ClN4O2S. The van der Waals surface area contributed by atoms with Crippen LogP contribution in [0.3, 0.4) is 0 Å². The molecule has 1 atom stereocenters. The van der Waals surface area contributed by atoms with E-state index in [0.29, 0.717) is 23.8 Å². The molecule has 0 spiro atoms. The molecular weight excluding hydrogens is 444 g/mol. The summed E-state index contributed by atoms with van der Waals surface area (Å²) in [4.78, 5) is 23.2. The highest BCUT2D eigenvalue weighted by atomic mass is 35.5. The Morgan fingerprint density at radius 3 is 2.75 bits per heavy atom. The maximum atomic E-state index is 11.7. The molecule has 3 heterocycles. The lowest BCUT2D eigenvalue weighted by atomic mass is 9.82. The van der Waals surface area contributed by atoms with Crippen LogP contribution in [-0.4, -0.2) is 34.1 Å². The van der Waals surface area contributed by atoms with Crippen molar-refractivity contribution < 1.29 is 9.90 Å². The standard InChI is InChI=1S/C24H25ClN4O2S/c1-16-7-3-4-8-17(16)22-18(25)11-12-19(26-22)28-32-21-10-5-9-20(27-21)29-14-6-13-24(2,15-29)23(30)31/h3-5,7-12H,6,13-15H2,1-2H3,(H,26,28)(H,30,31)/t24-/m1/s1. The number of rotatable bonds is 6. The van der Waals surface area contributed by atoms with E-state index in [1.54, 1.807) is 6.92 Å². The summed E-state index contributed by atoms with van der Waals surface area (Å²) in [5.41, 5.74) is 2.09. The molecule has 2 N–H and O–H groups in total. The number of anilines is 2. The fourth-order valence-corrected chi connectivity index (χ4v) is 4.69. The Morgan fingerprint density at radius 1 is 1.16 bits per heavy atom. The zero-order chi connectivity index (χ0) is 22.7. The molecule has 0 radical (unpaired) electrons. The van der Waals surface area contributed by atoms with E-state index in [4.69, 9.17) is 21.6 Å². The number of aromatic nitrogens is 2. The normalized spacial score (nSPS) is 18.4. The molecule has 32 heavy (non-hydrogen) atoms. The fraction of sp³-hybridized carbons (Fsp3) is 0.292. The van der Waals surface area contributed by atoms with Gasteiger partial charge < -0.3 is 14.7 Å². The van der Waals surface area contributed by atoms with E-state index in [0.717, 1.165) is 40.6 Å². The average Bonchev–Trinajstić information content (AvgIpc) is 2.79. The van der Waals surface area contributed by atoms with Gasteiger partial charge in [0.1, 0.15) is 16.7 Å². The summed E-state index contributed by atoms with van der Waals surface area (Å²) in [6.07, 6.45) is 1.51. The van der Waals surface area contributed by atoms with Crippen LogP contribution < -0.4 is 9.62 Å². The fourth-order valence-electron chi connectivity index (χ4n) is 3.88. The Morgan fingerprint density at radius 2 is 1.97 bits per heavy atom. The van der Waals surface area contributed by atoms with Crippen LogP contribution in [0.2, 0.25) is 5.02 Å². The van der Waals surface area contributed by atoms with Gasteiger partial charge in [-0.15, -0.1) is 0 Å². The first-order chi connectivity index (χ1) is 15.4. The zero-order valence-electron chi connectivity index (χ0n) is 18.0. The van der Waals surface area contributed by atoms with Crippen molar-refractivity contribution in [3.05, 3.63) is 65.2 Å². The van der Waals surface area contributed by atoms with Crippen LogP contribution in [0.15, 0.2) is 59.6 Å². The van der Waals surface area contributed by atoms with E-state index in [2.05, 4.69) is 9.62 Å².